The van der Waals surface area contributed by atoms with E-state index in [9.17, 15) is 24.3 Å². The van der Waals surface area contributed by atoms with Gasteiger partial charge in [-0.15, -0.1) is 0 Å². The number of carbonyl (C=O) groups is 4. The molecule has 0 bridgehead atoms. The van der Waals surface area contributed by atoms with Gasteiger partial charge in [-0.25, -0.2) is 20.6 Å². The molecule has 11 N–H and O–H groups in total. The summed E-state index contributed by atoms with van der Waals surface area (Å²) in [5.41, 5.74) is 22.9. The lowest BCUT2D eigenvalue weighted by Crippen LogP contribution is -2.62. The molecule has 2 aromatic rings. The minimum atomic E-state index is -1.57. The third-order valence-electron chi connectivity index (χ3n) is 12.8. The highest BCUT2D eigenvalue weighted by Crippen LogP contribution is 2.42. The Morgan fingerprint density at radius 3 is 2.39 bits per heavy atom. The van der Waals surface area contributed by atoms with E-state index in [0.29, 0.717) is 12.2 Å². The van der Waals surface area contributed by atoms with Crippen LogP contribution in [-0.2, 0) is 44.5 Å². The molecule has 0 aliphatic carbocycles. The van der Waals surface area contributed by atoms with Crippen molar-refractivity contribution in [2.75, 3.05) is 39.1 Å². The summed E-state index contributed by atoms with van der Waals surface area (Å²) in [5.74, 6) is 6.39. The molecule has 0 spiro atoms. The summed E-state index contributed by atoms with van der Waals surface area (Å²) < 4.78 is 31.3. The third kappa shape index (κ3) is 9.85. The fourth-order valence-electron chi connectivity index (χ4n) is 9.29. The first-order valence-electron chi connectivity index (χ1n) is 20.9. The number of pyridine rings is 1. The molecule has 1 aromatic heterocycles. The number of para-hydroxylation sites is 1. The van der Waals surface area contributed by atoms with Crippen LogP contribution in [0.4, 0.5) is 10.6 Å². The highest BCUT2D eigenvalue weighted by Gasteiger charge is 2.60. The Labute approximate surface area is 357 Å². The highest BCUT2D eigenvalue weighted by molar-refractivity contribution is 6.00. The quantitative estimate of drug-likeness (QED) is 0.0485. The molecule has 336 valence electrons. The van der Waals surface area contributed by atoms with Crippen molar-refractivity contribution in [2.45, 2.75) is 121 Å². The number of cyclic esters (lactones) is 1. The predicted octanol–water partition coefficient (Wildman–Crippen LogP) is 0.975. The van der Waals surface area contributed by atoms with Crippen LogP contribution in [0.2, 0.25) is 0 Å². The summed E-state index contributed by atoms with van der Waals surface area (Å²) in [5, 5.41) is 13.5. The number of carbonyl (C=O) groups excluding carboxylic acids is 4. The van der Waals surface area contributed by atoms with Gasteiger partial charge in [0, 0.05) is 60.9 Å². The number of nitrogen functional groups attached to an aromatic ring is 1. The molecule has 3 aliphatic heterocycles. The van der Waals surface area contributed by atoms with Crippen molar-refractivity contribution in [3.8, 4) is 11.8 Å². The maximum absolute atomic E-state index is 14.7. The number of Topliss-reactive ketones (excluding diaryl/α,β-unsaturated/α-hetero) is 2. The average molecular weight is 853 g/mol. The lowest BCUT2D eigenvalue weighted by atomic mass is 9.73. The molecule has 18 heteroatoms. The molecule has 0 unspecified atom stereocenters. The summed E-state index contributed by atoms with van der Waals surface area (Å²) in [6, 6.07) is 7.90. The Morgan fingerprint density at radius 1 is 1.03 bits per heavy atom. The molecule has 1 amide bonds. The number of benzene rings is 1. The van der Waals surface area contributed by atoms with E-state index in [2.05, 4.69) is 16.8 Å². The number of likely N-dealkylation sites (N-methyl/N-ethyl adjacent to an activating group) is 1. The SMILES string of the molecule is CC[C@H]1OC(=O)[C@H](CN)C(=O)[C@H](C)[C@@H](O[C@@H]2O[C@H](CN)C[C@H](N(C)CN)[C@H]2O)[C@@](C)(OCC#CCc2cc3ccccc3nc2N)C[C@@H](C)C(=O)[C@H](C)[C@H]2N(N)C(=O)O[C@]12C. The van der Waals surface area contributed by atoms with Crippen LogP contribution in [0.1, 0.15) is 66.4 Å². The van der Waals surface area contributed by atoms with Gasteiger partial charge in [-0.1, -0.05) is 57.7 Å². The zero-order chi connectivity index (χ0) is 45.0. The van der Waals surface area contributed by atoms with E-state index in [-0.39, 0.29) is 44.9 Å². The van der Waals surface area contributed by atoms with Crippen molar-refractivity contribution in [3.63, 3.8) is 0 Å². The van der Waals surface area contributed by atoms with Crippen LogP contribution in [0.25, 0.3) is 10.9 Å². The molecule has 61 heavy (non-hydrogen) atoms. The molecule has 0 saturated carbocycles. The number of nitrogens with two attached hydrogens (primary N) is 5. The number of nitrogens with zero attached hydrogens (tertiary/aromatic N) is 3. The molecule has 5 rings (SSSR count). The van der Waals surface area contributed by atoms with Gasteiger partial charge >= 0.3 is 12.1 Å². The monoisotopic (exact) mass is 852 g/mol. The zero-order valence-corrected chi connectivity index (χ0v) is 36.2. The lowest BCUT2D eigenvalue weighted by Gasteiger charge is -2.47. The molecule has 13 atom stereocenters. The third-order valence-corrected chi connectivity index (χ3v) is 12.8. The number of fused-ring (bicyclic) bond motifs is 2. The van der Waals surface area contributed by atoms with Gasteiger partial charge in [0.2, 0.25) is 0 Å². The molecule has 3 saturated heterocycles. The Hall–Kier alpha value is -4.29. The van der Waals surface area contributed by atoms with E-state index < -0.39 is 102 Å². The fraction of sp³-hybridized carbons (Fsp3) is 0.651. The van der Waals surface area contributed by atoms with E-state index in [4.69, 9.17) is 52.5 Å². The molecule has 3 aliphatic rings. The zero-order valence-electron chi connectivity index (χ0n) is 36.2. The number of aliphatic hydroxyl groups excluding tert-OH is 1. The Kier molecular flexibility index (Phi) is 15.5. The molecular weight excluding hydrogens is 789 g/mol. The van der Waals surface area contributed by atoms with E-state index in [0.717, 1.165) is 21.5 Å². The minimum Gasteiger partial charge on any atom is -0.457 e. The van der Waals surface area contributed by atoms with Crippen LogP contribution >= 0.6 is 0 Å². The van der Waals surface area contributed by atoms with Crippen molar-refractivity contribution in [3.05, 3.63) is 35.9 Å². The summed E-state index contributed by atoms with van der Waals surface area (Å²) in [4.78, 5) is 62.6. The molecular formula is C43H64N8O10. The van der Waals surface area contributed by atoms with Crippen molar-refractivity contribution in [1.82, 2.24) is 14.9 Å². The second-order valence-corrected chi connectivity index (χ2v) is 17.0. The second-order valence-electron chi connectivity index (χ2n) is 17.0. The average Bonchev–Trinajstić information content (AvgIpc) is 3.47. The van der Waals surface area contributed by atoms with Gasteiger partial charge in [-0.2, -0.15) is 0 Å². The van der Waals surface area contributed by atoms with Crippen molar-refractivity contribution < 1.29 is 48.0 Å². The fourth-order valence-corrected chi connectivity index (χ4v) is 9.29. The first-order valence-corrected chi connectivity index (χ1v) is 20.9. The van der Waals surface area contributed by atoms with E-state index in [1.165, 1.54) is 0 Å². The first kappa shape index (κ1) is 47.8. The number of ketones is 2. The van der Waals surface area contributed by atoms with Crippen molar-refractivity contribution >= 4 is 40.3 Å². The number of aromatic nitrogens is 1. The molecule has 0 radical (unpaired) electrons. The van der Waals surface area contributed by atoms with Crippen LogP contribution in [-0.4, -0.2) is 131 Å². The summed E-state index contributed by atoms with van der Waals surface area (Å²) in [6.07, 6.45) is -5.82. The number of anilines is 1. The number of hydrogen-bond donors (Lipinski definition) is 6. The number of hydrogen-bond acceptors (Lipinski definition) is 17. The van der Waals surface area contributed by atoms with Gasteiger partial charge in [0.25, 0.3) is 0 Å². The van der Waals surface area contributed by atoms with E-state index in [1.807, 2.05) is 30.3 Å². The number of esters is 1. The Morgan fingerprint density at radius 2 is 1.74 bits per heavy atom. The van der Waals surface area contributed by atoms with Crippen LogP contribution in [0, 0.1) is 35.5 Å². The maximum Gasteiger partial charge on any atom is 0.425 e. The van der Waals surface area contributed by atoms with Gasteiger partial charge < -0.3 is 51.7 Å². The topological polar surface area (TPSA) is 284 Å². The number of amides is 1. The summed E-state index contributed by atoms with van der Waals surface area (Å²) in [6.45, 7) is 9.42. The van der Waals surface area contributed by atoms with Crippen LogP contribution < -0.4 is 28.8 Å². The molecule has 1 aromatic carbocycles. The molecule has 4 heterocycles. The number of aliphatic hydroxyl groups is 1. The number of ether oxygens (including phenoxy) is 5. The van der Waals surface area contributed by atoms with Gasteiger partial charge in [0.05, 0.1) is 23.3 Å². The minimum absolute atomic E-state index is 0.0608. The van der Waals surface area contributed by atoms with Crippen molar-refractivity contribution in [2.24, 2.45) is 46.7 Å². The van der Waals surface area contributed by atoms with Crippen LogP contribution in [0.3, 0.4) is 0 Å². The Bertz CT molecular complexity index is 1980. The van der Waals surface area contributed by atoms with E-state index >= 15 is 0 Å². The van der Waals surface area contributed by atoms with Gasteiger partial charge in [-0.3, -0.25) is 19.3 Å². The van der Waals surface area contributed by atoms with Gasteiger partial charge in [-0.05, 0) is 52.3 Å². The largest absolute Gasteiger partial charge is 0.457 e. The number of rotatable bonds is 10. The van der Waals surface area contributed by atoms with Gasteiger partial charge in [0.15, 0.2) is 17.7 Å². The highest BCUT2D eigenvalue weighted by atomic mass is 16.7. The van der Waals surface area contributed by atoms with Crippen LogP contribution in [0.15, 0.2) is 30.3 Å². The first-order chi connectivity index (χ1) is 28.8. The molecule has 18 nitrogen and oxygen atoms in total. The summed E-state index contributed by atoms with van der Waals surface area (Å²) in [7, 11) is 1.75. The van der Waals surface area contributed by atoms with E-state index in [1.54, 1.807) is 53.5 Å². The van der Waals surface area contributed by atoms with Crippen molar-refractivity contribution in [1.29, 1.82) is 0 Å². The van der Waals surface area contributed by atoms with Gasteiger partial charge in [0.1, 0.15) is 42.4 Å². The lowest BCUT2D eigenvalue weighted by molar-refractivity contribution is -0.298. The second kappa shape index (κ2) is 19.8. The predicted molar refractivity (Wildman–Crippen MR) is 225 cm³/mol. The maximum atomic E-state index is 14.7. The standard InChI is InChI=1S/C43H64N8O10/c1-8-32-43(6)36(51(48)41(56)61-43)24(3)33(52)23(2)19-42(5,57-16-12-11-14-27-17-26-13-9-10-15-30(26)49-38(27)47)37(25(4)34(53)29(21-45)39(55)59-32)60-40-35(54)31(50(7)22-46)18-28(20-44)58-40/h9-10,13,15,17,23-25,28-29,31-32,35-37,40,54H,8,14,16,18-22,44-46,48H2,1-7H3,(H2,47,49)/t23-,24+,25+,28+,29-,31+,32-,35-,36-,37-,40+,42+,43-/m1/s1. The Balaban J connectivity index is 1.59. The summed E-state index contributed by atoms with van der Waals surface area (Å²) >= 11 is 0. The van der Waals surface area contributed by atoms with Crippen LogP contribution in [0.5, 0.6) is 0 Å². The molecule has 3 fully saturated rings. The normalized spacial score (nSPS) is 35.3. The number of hydrazine groups is 1. The smallest absolute Gasteiger partial charge is 0.425 e.